The van der Waals surface area contributed by atoms with Crippen molar-refractivity contribution in [3.63, 3.8) is 0 Å². The third-order valence-electron chi connectivity index (χ3n) is 27.1. The van der Waals surface area contributed by atoms with Crippen molar-refractivity contribution < 1.29 is 0 Å². The highest BCUT2D eigenvalue weighted by Crippen LogP contribution is 2.52. The van der Waals surface area contributed by atoms with E-state index in [2.05, 4.69) is 388 Å². The Morgan fingerprint density at radius 2 is 0.538 bits per heavy atom. The number of hydrogen-bond acceptors (Lipinski definition) is 9. The molecule has 612 valence electrons. The van der Waals surface area contributed by atoms with Gasteiger partial charge in [-0.05, 0) is 160 Å². The van der Waals surface area contributed by atoms with E-state index in [1.54, 1.807) is 0 Å². The number of benzene rings is 16. The van der Waals surface area contributed by atoms with Crippen molar-refractivity contribution >= 4 is 228 Å². The van der Waals surface area contributed by atoms with E-state index in [-0.39, 0.29) is 0 Å². The summed E-state index contributed by atoms with van der Waals surface area (Å²) in [6.07, 6.45) is 19.4. The summed E-state index contributed by atoms with van der Waals surface area (Å²) in [7, 11) is 0. The van der Waals surface area contributed by atoms with Gasteiger partial charge in [-0.1, -0.05) is 224 Å². The third kappa shape index (κ3) is 10.5. The molecule has 14 aromatic heterocycles. The Kier molecular flexibility index (Phi) is 15.9. The summed E-state index contributed by atoms with van der Waals surface area (Å²) >= 11 is 0. The van der Waals surface area contributed by atoms with Crippen LogP contribution in [0.4, 0.5) is 0 Å². The lowest BCUT2D eigenvalue weighted by Gasteiger charge is -2.14. The Morgan fingerprint density at radius 1 is 0.174 bits per heavy atom. The fourth-order valence-electron chi connectivity index (χ4n) is 21.7. The Balaban J connectivity index is 0.0000000991. The first kappa shape index (κ1) is 73.0. The number of nitrogens with zero attached hydrogens (tertiary/aromatic N) is 15. The minimum Gasteiger partial charge on any atom is -0.308 e. The summed E-state index contributed by atoms with van der Waals surface area (Å²) in [4.78, 5) is 43.9. The quantitative estimate of drug-likeness (QED) is 0.149. The summed E-state index contributed by atoms with van der Waals surface area (Å²) in [5.41, 5.74) is 22.7. The first-order valence-corrected chi connectivity index (χ1v) is 44.4. The predicted molar refractivity (Wildman–Crippen MR) is 543 cm³/mol. The van der Waals surface area contributed by atoms with Crippen molar-refractivity contribution in [2.45, 2.75) is 0 Å². The Hall–Kier alpha value is -18.2. The summed E-state index contributed by atoms with van der Waals surface area (Å²) in [6.45, 7) is 0. The van der Waals surface area contributed by atoms with Gasteiger partial charge in [-0.15, -0.1) is 0 Å². The molecule has 0 saturated carbocycles. The van der Waals surface area contributed by atoms with Gasteiger partial charge < -0.3 is 18.3 Å². The average molecular weight is 1680 g/mol. The Morgan fingerprint density at radius 3 is 1.03 bits per heavy atom. The van der Waals surface area contributed by atoms with E-state index in [0.29, 0.717) is 5.95 Å². The minimum absolute atomic E-state index is 0.658. The molecule has 0 unspecified atom stereocenters. The molecule has 0 aliphatic rings. The topological polar surface area (TPSA) is 146 Å². The summed E-state index contributed by atoms with van der Waals surface area (Å²) < 4.78 is 14.2. The van der Waals surface area contributed by atoms with Crippen LogP contribution in [0.1, 0.15) is 0 Å². The standard InChI is InChI=1S/3C39H23N5/c1-2-10-25(11-3-1)43-31-14-6-5-13-28(31)35-38(43)30-23-40-21-18-26(30)34-27-12-4-7-15-32(27)44(39(34)35)33-19-22-42-37-29(33)17-16-24-9-8-20-41-36(24)37;1-2-10-26(11-3-1)43-31-14-6-5-13-29(31)35-38(43)30-23-40-22-20-27(30)34-28-12-4-7-15-32(28)44(39(34)35)33-19-18-25-17-16-24-9-8-21-41-36(24)37(25)42-33;1-2-11-25(12-3-1)43-33-16-8-7-15-29(33)36-37(43)31-22-40-21-20-27(31)35-28-14-6-9-17-34(28)44(38(35)36)39-41-23-30-26-13-5-4-10-24(26)18-19-32(30)42-39/h3*1-23H. The zero-order valence-electron chi connectivity index (χ0n) is 70.5. The molecule has 30 aromatic rings. The van der Waals surface area contributed by atoms with Crippen molar-refractivity contribution in [1.82, 2.24) is 72.3 Å². The molecule has 15 heteroatoms. The van der Waals surface area contributed by atoms with Crippen LogP contribution in [0.5, 0.6) is 0 Å². The second kappa shape index (κ2) is 28.7. The molecule has 16 aromatic carbocycles. The van der Waals surface area contributed by atoms with Crippen LogP contribution < -0.4 is 0 Å². The van der Waals surface area contributed by atoms with E-state index in [1.807, 2.05) is 74.1 Å². The molecule has 0 radical (unpaired) electrons. The average Bonchev–Trinajstić information content (AvgIpc) is 1.54. The molecular formula is C117H69N15. The molecule has 0 aliphatic heterocycles. The summed E-state index contributed by atoms with van der Waals surface area (Å²) in [6, 6.07) is 126. The fourth-order valence-corrected chi connectivity index (χ4v) is 21.7. The Labute approximate surface area is 750 Å². The number of fused-ring (bicyclic) bond motifs is 39. The van der Waals surface area contributed by atoms with E-state index in [0.717, 1.165) is 171 Å². The van der Waals surface area contributed by atoms with Crippen LogP contribution in [0, 0.1) is 0 Å². The maximum Gasteiger partial charge on any atom is 0.235 e. The second-order valence-electron chi connectivity index (χ2n) is 33.9. The molecule has 0 fully saturated rings. The van der Waals surface area contributed by atoms with Crippen molar-refractivity contribution in [2.75, 3.05) is 0 Å². The van der Waals surface area contributed by atoms with Gasteiger partial charge in [0.15, 0.2) is 0 Å². The van der Waals surface area contributed by atoms with Crippen LogP contribution in [0.2, 0.25) is 0 Å². The highest BCUT2D eigenvalue weighted by molar-refractivity contribution is 6.40. The molecule has 0 atom stereocenters. The molecule has 0 aliphatic carbocycles. The lowest BCUT2D eigenvalue weighted by atomic mass is 10.0. The number of rotatable bonds is 6. The van der Waals surface area contributed by atoms with Gasteiger partial charge in [0.25, 0.3) is 0 Å². The van der Waals surface area contributed by atoms with Gasteiger partial charge >= 0.3 is 0 Å². The van der Waals surface area contributed by atoms with Crippen LogP contribution in [0.3, 0.4) is 0 Å². The second-order valence-corrected chi connectivity index (χ2v) is 33.9. The first-order valence-electron chi connectivity index (χ1n) is 44.4. The van der Waals surface area contributed by atoms with Crippen LogP contribution in [0.25, 0.3) is 263 Å². The molecule has 0 bridgehead atoms. The van der Waals surface area contributed by atoms with E-state index in [1.165, 1.54) is 86.3 Å². The maximum atomic E-state index is 5.36. The smallest absolute Gasteiger partial charge is 0.235 e. The largest absolute Gasteiger partial charge is 0.308 e. The van der Waals surface area contributed by atoms with Gasteiger partial charge in [0, 0.05) is 187 Å². The van der Waals surface area contributed by atoms with Gasteiger partial charge in [0.1, 0.15) is 5.82 Å². The van der Waals surface area contributed by atoms with Crippen molar-refractivity contribution in [1.29, 1.82) is 0 Å². The predicted octanol–water partition coefficient (Wildman–Crippen LogP) is 28.6. The van der Waals surface area contributed by atoms with Crippen LogP contribution in [-0.2, 0) is 0 Å². The number of aromatic nitrogens is 15. The van der Waals surface area contributed by atoms with Crippen LogP contribution in [0.15, 0.2) is 420 Å². The first-order chi connectivity index (χ1) is 65.6. The number of para-hydroxylation sites is 9. The van der Waals surface area contributed by atoms with Gasteiger partial charge in [0.2, 0.25) is 5.95 Å². The van der Waals surface area contributed by atoms with E-state index in [4.69, 9.17) is 29.9 Å². The zero-order valence-corrected chi connectivity index (χ0v) is 70.5. The monoisotopic (exact) mass is 1680 g/mol. The molecular weight excluding hydrogens is 1620 g/mol. The van der Waals surface area contributed by atoms with Crippen LogP contribution >= 0.6 is 0 Å². The molecule has 15 nitrogen and oxygen atoms in total. The molecule has 132 heavy (non-hydrogen) atoms. The van der Waals surface area contributed by atoms with Gasteiger partial charge in [0.05, 0.1) is 99.5 Å². The fraction of sp³-hybridized carbons (Fsp3) is 0. The van der Waals surface area contributed by atoms with Crippen molar-refractivity contribution in [3.8, 4) is 34.5 Å². The summed E-state index contributed by atoms with van der Waals surface area (Å²) in [5, 5.41) is 28.9. The van der Waals surface area contributed by atoms with Gasteiger partial charge in [-0.3, -0.25) is 39.0 Å². The highest BCUT2D eigenvalue weighted by atomic mass is 15.2. The molecule has 0 amide bonds. The number of hydrogen-bond donors (Lipinski definition) is 0. The molecule has 0 spiro atoms. The summed E-state index contributed by atoms with van der Waals surface area (Å²) in [5.74, 6) is 1.53. The SMILES string of the molecule is c1ccc(-n2c3ccccc3c3c2c2cnccc2c2c4ccccc4n(-c4ccc5ccc6cccnc6c5n4)c23)cc1.c1ccc(-n2c3ccccc3c3c2c2cnccc2c2c4ccccc4n(-c4ccnc5c4ccc4cccnc45)c23)cc1.c1ccc(-n2c3ccccc3c3c2c2cnccc2c2c4ccccc4n(-c4ncc5c(ccc6ccccc65)n4)c23)cc1. The van der Waals surface area contributed by atoms with Crippen LogP contribution in [-0.4, -0.2) is 72.3 Å². The van der Waals surface area contributed by atoms with Gasteiger partial charge in [-0.25, -0.2) is 15.0 Å². The molecule has 0 saturated heterocycles. The molecule has 0 N–H and O–H groups in total. The normalized spacial score (nSPS) is 12.1. The molecule has 14 heterocycles. The Bertz CT molecular complexity index is 10100. The maximum absolute atomic E-state index is 5.36. The van der Waals surface area contributed by atoms with Crippen molar-refractivity contribution in [2.24, 2.45) is 0 Å². The van der Waals surface area contributed by atoms with E-state index < -0.39 is 0 Å². The van der Waals surface area contributed by atoms with E-state index in [9.17, 15) is 0 Å². The third-order valence-corrected chi connectivity index (χ3v) is 27.1. The highest BCUT2D eigenvalue weighted by Gasteiger charge is 2.31. The molecule has 30 rings (SSSR count). The zero-order chi connectivity index (χ0) is 86.3. The lowest BCUT2D eigenvalue weighted by molar-refractivity contribution is 1.01. The lowest BCUT2D eigenvalue weighted by Crippen LogP contribution is -2.02. The van der Waals surface area contributed by atoms with Crippen molar-refractivity contribution in [3.05, 3.63) is 420 Å². The van der Waals surface area contributed by atoms with Gasteiger partial charge in [-0.2, -0.15) is 0 Å². The van der Waals surface area contributed by atoms with E-state index >= 15 is 0 Å². The number of pyridine rings is 7. The minimum atomic E-state index is 0.658.